The first-order valence-electron chi connectivity index (χ1n) is 17.5. The number of hydrogen-bond donors (Lipinski definition) is 0. The van der Waals surface area contributed by atoms with Crippen LogP contribution in [0.1, 0.15) is 25.0 Å². The molecule has 1 aliphatic carbocycles. The fraction of sp³-hybridized carbons (Fsp3) is 0.0612. The van der Waals surface area contributed by atoms with Crippen LogP contribution in [0.2, 0.25) is 0 Å². The summed E-state index contributed by atoms with van der Waals surface area (Å²) in [6.07, 6.45) is 0. The second-order valence-electron chi connectivity index (χ2n) is 13.7. The Hall–Kier alpha value is -6.18. The third kappa shape index (κ3) is 4.85. The van der Waals surface area contributed by atoms with Crippen molar-refractivity contribution in [1.82, 2.24) is 0 Å². The molecule has 1 aliphatic rings. The Bertz CT molecular complexity index is 2510. The Morgan fingerprint density at radius 1 is 0.340 bits per heavy atom. The molecular formula is C49H37N. The van der Waals surface area contributed by atoms with E-state index in [4.69, 9.17) is 0 Å². The Labute approximate surface area is 294 Å². The van der Waals surface area contributed by atoms with Gasteiger partial charge in [0.05, 0.1) is 17.1 Å². The summed E-state index contributed by atoms with van der Waals surface area (Å²) in [4.78, 5) is 2.53. The van der Waals surface area contributed by atoms with Crippen LogP contribution >= 0.6 is 0 Å². The summed E-state index contributed by atoms with van der Waals surface area (Å²) in [5.41, 5.74) is 15.8. The second-order valence-corrected chi connectivity index (χ2v) is 13.7. The molecule has 0 amide bonds. The van der Waals surface area contributed by atoms with Crippen molar-refractivity contribution >= 4 is 27.8 Å². The quantitative estimate of drug-likeness (QED) is 0.175. The summed E-state index contributed by atoms with van der Waals surface area (Å²) < 4.78 is 0. The van der Waals surface area contributed by atoms with Gasteiger partial charge in [0.25, 0.3) is 0 Å². The summed E-state index contributed by atoms with van der Waals surface area (Å²) in [7, 11) is 0. The lowest BCUT2D eigenvalue weighted by Gasteiger charge is -2.34. The maximum Gasteiger partial charge on any atom is 0.0540 e. The molecule has 0 spiro atoms. The van der Waals surface area contributed by atoms with Gasteiger partial charge in [0, 0.05) is 16.5 Å². The van der Waals surface area contributed by atoms with E-state index < -0.39 is 0 Å². The van der Waals surface area contributed by atoms with Crippen LogP contribution in [0.4, 0.5) is 17.1 Å². The first-order chi connectivity index (χ1) is 24.6. The highest BCUT2D eigenvalue weighted by atomic mass is 15.2. The highest BCUT2D eigenvalue weighted by molar-refractivity contribution is 6.01. The van der Waals surface area contributed by atoms with Gasteiger partial charge in [-0.1, -0.05) is 172 Å². The van der Waals surface area contributed by atoms with Crippen LogP contribution in [0.5, 0.6) is 0 Å². The summed E-state index contributed by atoms with van der Waals surface area (Å²) in [5.74, 6) is 0. The van der Waals surface area contributed by atoms with Crippen molar-refractivity contribution in [3.05, 3.63) is 199 Å². The van der Waals surface area contributed by atoms with Crippen molar-refractivity contribution in [3.8, 4) is 44.5 Å². The molecule has 9 rings (SSSR count). The molecule has 0 unspecified atom stereocenters. The van der Waals surface area contributed by atoms with Gasteiger partial charge >= 0.3 is 0 Å². The SMILES string of the molecule is CC1(C)c2cc3ccccc3cc2-c2cccc(N(c3ccccc3-c3ccccc3)c3ccccc3-c3ccccc3-c3ccccc3)c21. The van der Waals surface area contributed by atoms with E-state index in [1.165, 1.54) is 72.1 Å². The molecule has 0 aliphatic heterocycles. The van der Waals surface area contributed by atoms with Crippen LogP contribution in [0.3, 0.4) is 0 Å². The normalized spacial score (nSPS) is 12.8. The third-order valence-corrected chi connectivity index (χ3v) is 10.4. The molecule has 0 radical (unpaired) electrons. The molecule has 8 aromatic carbocycles. The zero-order chi connectivity index (χ0) is 33.7. The number of rotatable bonds is 6. The minimum absolute atomic E-state index is 0.234. The molecule has 0 saturated carbocycles. The Morgan fingerprint density at radius 3 is 1.48 bits per heavy atom. The monoisotopic (exact) mass is 639 g/mol. The van der Waals surface area contributed by atoms with E-state index in [-0.39, 0.29) is 5.41 Å². The molecule has 1 heteroatoms. The summed E-state index contributed by atoms with van der Waals surface area (Å²) in [6, 6.07) is 68.6. The van der Waals surface area contributed by atoms with Gasteiger partial charge in [-0.05, 0) is 85.6 Å². The van der Waals surface area contributed by atoms with Crippen LogP contribution in [0.15, 0.2) is 188 Å². The van der Waals surface area contributed by atoms with Gasteiger partial charge in [0.1, 0.15) is 0 Å². The number of fused-ring (bicyclic) bond motifs is 4. The van der Waals surface area contributed by atoms with Crippen molar-refractivity contribution in [3.63, 3.8) is 0 Å². The predicted octanol–water partition coefficient (Wildman–Crippen LogP) is 13.6. The fourth-order valence-electron chi connectivity index (χ4n) is 8.13. The number of anilines is 3. The summed E-state index contributed by atoms with van der Waals surface area (Å²) in [5, 5.41) is 2.55. The fourth-order valence-corrected chi connectivity index (χ4v) is 8.13. The van der Waals surface area contributed by atoms with Crippen LogP contribution in [0, 0.1) is 0 Å². The van der Waals surface area contributed by atoms with E-state index in [1.807, 2.05) is 0 Å². The van der Waals surface area contributed by atoms with E-state index in [1.54, 1.807) is 0 Å². The minimum atomic E-state index is -0.234. The van der Waals surface area contributed by atoms with Gasteiger partial charge in [0.15, 0.2) is 0 Å². The Morgan fingerprint density at radius 2 is 0.800 bits per heavy atom. The largest absolute Gasteiger partial charge is 0.309 e. The van der Waals surface area contributed by atoms with Crippen molar-refractivity contribution in [1.29, 1.82) is 0 Å². The standard InChI is InChI=1S/C49H37N/c1-49(2)44-33-37-23-10-9-22-36(37)32-43(44)42-28-17-31-47(48(42)49)50(45-29-15-13-25-39(45)35-20-7-4-8-21-35)46-30-16-14-27-41(46)40-26-12-11-24-38(40)34-18-5-3-6-19-34/h3-33H,1-2H3. The lowest BCUT2D eigenvalue weighted by molar-refractivity contribution is 0.661. The van der Waals surface area contributed by atoms with Crippen molar-refractivity contribution < 1.29 is 0 Å². The van der Waals surface area contributed by atoms with E-state index >= 15 is 0 Å². The average molecular weight is 640 g/mol. The first-order valence-corrected chi connectivity index (χ1v) is 17.5. The van der Waals surface area contributed by atoms with Crippen molar-refractivity contribution in [2.45, 2.75) is 19.3 Å². The Kier molecular flexibility index (Phi) is 7.21. The zero-order valence-electron chi connectivity index (χ0n) is 28.3. The molecule has 0 atom stereocenters. The molecule has 238 valence electrons. The average Bonchev–Trinajstić information content (AvgIpc) is 3.40. The van der Waals surface area contributed by atoms with Gasteiger partial charge in [-0.2, -0.15) is 0 Å². The smallest absolute Gasteiger partial charge is 0.0540 e. The van der Waals surface area contributed by atoms with Crippen LogP contribution in [-0.4, -0.2) is 0 Å². The molecule has 1 nitrogen and oxygen atoms in total. The lowest BCUT2D eigenvalue weighted by atomic mass is 9.80. The highest BCUT2D eigenvalue weighted by Crippen LogP contribution is 2.56. The van der Waals surface area contributed by atoms with Crippen molar-refractivity contribution in [2.75, 3.05) is 4.90 Å². The number of benzene rings is 8. The Balaban J connectivity index is 1.35. The van der Waals surface area contributed by atoms with Crippen LogP contribution < -0.4 is 4.90 Å². The van der Waals surface area contributed by atoms with Gasteiger partial charge in [-0.25, -0.2) is 0 Å². The molecule has 0 saturated heterocycles. The minimum Gasteiger partial charge on any atom is -0.309 e. The molecule has 50 heavy (non-hydrogen) atoms. The maximum absolute atomic E-state index is 2.53. The highest BCUT2D eigenvalue weighted by Gasteiger charge is 2.39. The van der Waals surface area contributed by atoms with Crippen LogP contribution in [0.25, 0.3) is 55.3 Å². The van der Waals surface area contributed by atoms with E-state index in [0.29, 0.717) is 0 Å². The summed E-state index contributed by atoms with van der Waals surface area (Å²) in [6.45, 7) is 4.79. The number of para-hydroxylation sites is 2. The molecular weight excluding hydrogens is 603 g/mol. The molecule has 0 aromatic heterocycles. The van der Waals surface area contributed by atoms with E-state index in [0.717, 1.165) is 11.4 Å². The first kappa shape index (κ1) is 29.9. The van der Waals surface area contributed by atoms with E-state index in [9.17, 15) is 0 Å². The third-order valence-electron chi connectivity index (χ3n) is 10.4. The molecule has 0 bridgehead atoms. The topological polar surface area (TPSA) is 3.24 Å². The molecule has 0 heterocycles. The van der Waals surface area contributed by atoms with Gasteiger partial charge < -0.3 is 4.90 Å². The lowest BCUT2D eigenvalue weighted by Crippen LogP contribution is -2.21. The van der Waals surface area contributed by atoms with Gasteiger partial charge in [0.2, 0.25) is 0 Å². The maximum atomic E-state index is 2.53. The number of nitrogens with zero attached hydrogens (tertiary/aromatic N) is 1. The summed E-state index contributed by atoms with van der Waals surface area (Å²) >= 11 is 0. The molecule has 0 N–H and O–H groups in total. The number of hydrogen-bond acceptors (Lipinski definition) is 1. The van der Waals surface area contributed by atoms with Gasteiger partial charge in [-0.3, -0.25) is 0 Å². The van der Waals surface area contributed by atoms with Crippen LogP contribution in [-0.2, 0) is 5.41 Å². The van der Waals surface area contributed by atoms with Crippen molar-refractivity contribution in [2.24, 2.45) is 0 Å². The predicted molar refractivity (Wildman–Crippen MR) is 213 cm³/mol. The van der Waals surface area contributed by atoms with E-state index in [2.05, 4.69) is 207 Å². The second kappa shape index (κ2) is 12.1. The molecule has 8 aromatic rings. The zero-order valence-corrected chi connectivity index (χ0v) is 28.3. The molecule has 0 fully saturated rings. The van der Waals surface area contributed by atoms with Gasteiger partial charge in [-0.15, -0.1) is 0 Å².